The summed E-state index contributed by atoms with van der Waals surface area (Å²) in [6.45, 7) is 7.43. The quantitative estimate of drug-likeness (QED) is 0.188. The number of benzene rings is 1. The molecule has 3 rings (SSSR count). The van der Waals surface area contributed by atoms with Crippen molar-refractivity contribution in [3.8, 4) is 0 Å². The van der Waals surface area contributed by atoms with E-state index in [4.69, 9.17) is 9.26 Å². The van der Waals surface area contributed by atoms with E-state index < -0.39 is 47.6 Å². The molecule has 13 heteroatoms. The molecule has 12 nitrogen and oxygen atoms in total. The van der Waals surface area contributed by atoms with Crippen molar-refractivity contribution in [1.29, 1.82) is 0 Å². The van der Waals surface area contributed by atoms with Gasteiger partial charge < -0.3 is 30.5 Å². The van der Waals surface area contributed by atoms with Gasteiger partial charge in [0.15, 0.2) is 5.69 Å². The first-order chi connectivity index (χ1) is 20.5. The van der Waals surface area contributed by atoms with Gasteiger partial charge in [-0.05, 0) is 50.3 Å². The maximum Gasteiger partial charge on any atom is 0.330 e. The summed E-state index contributed by atoms with van der Waals surface area (Å²) in [6.07, 6.45) is 3.42. The van der Waals surface area contributed by atoms with E-state index in [1.807, 2.05) is 0 Å². The second-order valence-electron chi connectivity index (χ2n) is 10.6. The van der Waals surface area contributed by atoms with Crippen LogP contribution in [0.2, 0.25) is 0 Å². The third kappa shape index (κ3) is 10.0. The van der Waals surface area contributed by atoms with Crippen LogP contribution in [0, 0.1) is 24.6 Å². The molecule has 1 aromatic carbocycles. The van der Waals surface area contributed by atoms with Crippen LogP contribution in [-0.2, 0) is 30.3 Å². The van der Waals surface area contributed by atoms with Crippen LogP contribution < -0.4 is 21.3 Å². The topological polar surface area (TPSA) is 169 Å². The minimum absolute atomic E-state index is 0.00266. The molecule has 1 aromatic heterocycles. The Morgan fingerprint density at radius 2 is 1.86 bits per heavy atom. The van der Waals surface area contributed by atoms with Crippen molar-refractivity contribution in [1.82, 2.24) is 26.4 Å². The summed E-state index contributed by atoms with van der Waals surface area (Å²) >= 11 is 0. The molecule has 0 saturated carbocycles. The number of hydrogen-bond donors (Lipinski definition) is 4. The van der Waals surface area contributed by atoms with Gasteiger partial charge in [-0.25, -0.2) is 9.18 Å². The van der Waals surface area contributed by atoms with E-state index in [9.17, 15) is 28.4 Å². The Hall–Kier alpha value is -4.55. The van der Waals surface area contributed by atoms with Crippen LogP contribution in [0.5, 0.6) is 0 Å². The average Bonchev–Trinajstić information content (AvgIpc) is 3.58. The number of halogens is 1. The third-order valence-corrected chi connectivity index (χ3v) is 6.86. The molecule has 1 aliphatic rings. The number of ether oxygens (including phenoxy) is 1. The highest BCUT2D eigenvalue weighted by molar-refractivity contribution is 5.97. The average molecular weight is 600 g/mol. The zero-order valence-electron chi connectivity index (χ0n) is 24.6. The summed E-state index contributed by atoms with van der Waals surface area (Å²) in [7, 11) is 0. The zero-order chi connectivity index (χ0) is 31.5. The van der Waals surface area contributed by atoms with Crippen molar-refractivity contribution >= 4 is 29.6 Å². The van der Waals surface area contributed by atoms with E-state index in [0.717, 1.165) is 0 Å². The Morgan fingerprint density at radius 1 is 1.14 bits per heavy atom. The summed E-state index contributed by atoms with van der Waals surface area (Å²) in [5.41, 5.74) is 0.572. The molecule has 3 unspecified atom stereocenters. The fraction of sp³-hybridized carbons (Fsp3) is 0.467. The normalized spacial score (nSPS) is 16.8. The fourth-order valence-electron chi connectivity index (χ4n) is 4.58. The molecule has 1 saturated heterocycles. The van der Waals surface area contributed by atoms with E-state index in [2.05, 4.69) is 26.4 Å². The van der Waals surface area contributed by atoms with Crippen molar-refractivity contribution < 1.29 is 37.6 Å². The molecule has 4 atom stereocenters. The molecule has 2 heterocycles. The van der Waals surface area contributed by atoms with E-state index in [0.29, 0.717) is 24.3 Å². The number of nitrogens with zero attached hydrogens (tertiary/aromatic N) is 1. The largest absolute Gasteiger partial charge is 0.463 e. The molecule has 0 bridgehead atoms. The summed E-state index contributed by atoms with van der Waals surface area (Å²) in [5, 5.41) is 14.6. The van der Waals surface area contributed by atoms with Gasteiger partial charge in [-0.3, -0.25) is 19.2 Å². The van der Waals surface area contributed by atoms with Gasteiger partial charge >= 0.3 is 5.97 Å². The number of hydrogen-bond acceptors (Lipinski definition) is 8. The van der Waals surface area contributed by atoms with Gasteiger partial charge in [0.2, 0.25) is 17.7 Å². The minimum Gasteiger partial charge on any atom is -0.463 e. The van der Waals surface area contributed by atoms with Gasteiger partial charge in [0.05, 0.1) is 6.61 Å². The first-order valence-electron chi connectivity index (χ1n) is 14.2. The standard InChI is InChI=1S/C30H38FN5O7/c1-5-42-25(37)11-10-22(16-20-12-13-32-27(20)38)33-28(39)23(15-19-6-8-21(31)9-7-19)34-30(41)26(17(2)3)35-29(40)24-14-18(4)43-36-24/h6-11,14,17,20,22-23,26H,5,12-13,15-16H2,1-4H3,(H,32,38)(H,33,39)(H,34,41)(H,35,40)/b11-10+/t20?,22?,23-,26?/m0/s1. The first kappa shape index (κ1) is 33.0. The fourth-order valence-corrected chi connectivity index (χ4v) is 4.58. The predicted octanol–water partition coefficient (Wildman–Crippen LogP) is 1.73. The molecule has 1 fully saturated rings. The molecule has 4 N–H and O–H groups in total. The summed E-state index contributed by atoms with van der Waals surface area (Å²) in [4.78, 5) is 64.1. The van der Waals surface area contributed by atoms with Crippen molar-refractivity contribution in [2.24, 2.45) is 11.8 Å². The van der Waals surface area contributed by atoms with Crippen LogP contribution >= 0.6 is 0 Å². The van der Waals surface area contributed by atoms with Crippen LogP contribution in [-0.4, -0.2) is 66.0 Å². The number of amides is 4. The van der Waals surface area contributed by atoms with Crippen LogP contribution in [0.1, 0.15) is 55.4 Å². The lowest BCUT2D eigenvalue weighted by Crippen LogP contribution is -2.57. The molecular weight excluding hydrogens is 561 g/mol. The highest BCUT2D eigenvalue weighted by Gasteiger charge is 2.32. The van der Waals surface area contributed by atoms with Gasteiger partial charge in [-0.15, -0.1) is 0 Å². The van der Waals surface area contributed by atoms with Crippen LogP contribution in [0.3, 0.4) is 0 Å². The Bertz CT molecular complexity index is 1320. The third-order valence-electron chi connectivity index (χ3n) is 6.86. The number of esters is 1. The molecule has 2 aromatic rings. The highest BCUT2D eigenvalue weighted by atomic mass is 19.1. The maximum atomic E-state index is 13.7. The van der Waals surface area contributed by atoms with Gasteiger partial charge in [-0.1, -0.05) is 37.2 Å². The minimum atomic E-state index is -1.15. The van der Waals surface area contributed by atoms with Crippen molar-refractivity contribution in [2.45, 2.75) is 65.1 Å². The molecule has 1 aliphatic heterocycles. The SMILES string of the molecule is CCOC(=O)/C=C/C(CC1CCNC1=O)NC(=O)[C@H](Cc1ccc(F)cc1)NC(=O)C(NC(=O)c1cc(C)on1)C(C)C. The molecule has 232 valence electrons. The molecule has 0 radical (unpaired) electrons. The molecule has 4 amide bonds. The van der Waals surface area contributed by atoms with Crippen molar-refractivity contribution in [3.63, 3.8) is 0 Å². The lowest BCUT2D eigenvalue weighted by molar-refractivity contribution is -0.137. The van der Waals surface area contributed by atoms with Crippen LogP contribution in [0.4, 0.5) is 4.39 Å². The van der Waals surface area contributed by atoms with Crippen molar-refractivity contribution in [2.75, 3.05) is 13.2 Å². The number of rotatable bonds is 14. The van der Waals surface area contributed by atoms with Gasteiger partial charge in [0, 0.05) is 37.1 Å². The Kier molecular flexibility index (Phi) is 12.0. The van der Waals surface area contributed by atoms with E-state index in [1.165, 1.54) is 42.5 Å². The van der Waals surface area contributed by atoms with Crippen LogP contribution in [0.15, 0.2) is 47.0 Å². The summed E-state index contributed by atoms with van der Waals surface area (Å²) in [5.74, 6) is -3.40. The second-order valence-corrected chi connectivity index (χ2v) is 10.6. The van der Waals surface area contributed by atoms with E-state index >= 15 is 0 Å². The molecule has 43 heavy (non-hydrogen) atoms. The van der Waals surface area contributed by atoms with E-state index in [-0.39, 0.29) is 42.9 Å². The van der Waals surface area contributed by atoms with Gasteiger partial charge in [0.25, 0.3) is 5.91 Å². The lowest BCUT2D eigenvalue weighted by atomic mass is 9.97. The Morgan fingerprint density at radius 3 is 2.44 bits per heavy atom. The smallest absolute Gasteiger partial charge is 0.330 e. The number of nitrogens with one attached hydrogen (secondary N) is 4. The predicted molar refractivity (Wildman–Crippen MR) is 153 cm³/mol. The van der Waals surface area contributed by atoms with Gasteiger partial charge in [0.1, 0.15) is 23.7 Å². The van der Waals surface area contributed by atoms with Crippen molar-refractivity contribution in [3.05, 3.63) is 65.3 Å². The number of aromatic nitrogens is 1. The highest BCUT2D eigenvalue weighted by Crippen LogP contribution is 2.18. The zero-order valence-corrected chi connectivity index (χ0v) is 24.6. The molecule has 0 aliphatic carbocycles. The number of aryl methyl sites for hydroxylation is 1. The second kappa shape index (κ2) is 15.6. The Labute approximate surface area is 249 Å². The number of carbonyl (C=O) groups excluding carboxylic acids is 5. The lowest BCUT2D eigenvalue weighted by Gasteiger charge is -2.26. The van der Waals surface area contributed by atoms with Crippen LogP contribution in [0.25, 0.3) is 0 Å². The summed E-state index contributed by atoms with van der Waals surface area (Å²) in [6, 6.07) is 3.99. The Balaban J connectivity index is 1.82. The number of carbonyl (C=O) groups is 5. The molecule has 0 spiro atoms. The maximum absolute atomic E-state index is 13.7. The molecular formula is C30H38FN5O7. The summed E-state index contributed by atoms with van der Waals surface area (Å²) < 4.78 is 23.5. The first-order valence-corrected chi connectivity index (χ1v) is 14.2. The monoisotopic (exact) mass is 599 g/mol. The van der Waals surface area contributed by atoms with Gasteiger partial charge in [-0.2, -0.15) is 0 Å². The van der Waals surface area contributed by atoms with E-state index in [1.54, 1.807) is 27.7 Å².